The van der Waals surface area contributed by atoms with Gasteiger partial charge in [-0.1, -0.05) is 26.2 Å². The van der Waals surface area contributed by atoms with Gasteiger partial charge in [0.15, 0.2) is 0 Å². The zero-order valence-corrected chi connectivity index (χ0v) is 19.6. The molecule has 180 valence electrons. The number of nitro groups is 1. The van der Waals surface area contributed by atoms with Gasteiger partial charge in [0.05, 0.1) is 16.2 Å². The second kappa shape index (κ2) is 10.5. The lowest BCUT2D eigenvalue weighted by atomic mass is 9.87. The van der Waals surface area contributed by atoms with E-state index in [1.54, 1.807) is 6.07 Å². The van der Waals surface area contributed by atoms with Crippen molar-refractivity contribution in [2.45, 2.75) is 70.8 Å². The molecule has 0 spiro atoms. The standard InChI is InChI=1S/C25H36N4O4/c1-18-9-13-27(14-10-18)23-8-7-21(29(32)33)17-22(23)24(30)26-20-11-15-28(16-12-20)25(31)19-5-3-2-4-6-19/h7-8,17-20H,2-6,9-16H2,1H3,(H,26,30). The maximum absolute atomic E-state index is 13.2. The molecule has 3 aliphatic rings. The number of likely N-dealkylation sites (tertiary alicyclic amines) is 1. The summed E-state index contributed by atoms with van der Waals surface area (Å²) < 4.78 is 0. The molecule has 1 N–H and O–H groups in total. The number of amides is 2. The van der Waals surface area contributed by atoms with E-state index < -0.39 is 4.92 Å². The zero-order chi connectivity index (χ0) is 23.4. The molecule has 33 heavy (non-hydrogen) atoms. The molecule has 2 saturated heterocycles. The summed E-state index contributed by atoms with van der Waals surface area (Å²) in [5.41, 5.74) is 1.08. The molecule has 8 heteroatoms. The summed E-state index contributed by atoms with van der Waals surface area (Å²) in [6.07, 6.45) is 9.05. The third-order valence-electron chi connectivity index (χ3n) is 7.66. The highest BCUT2D eigenvalue weighted by Gasteiger charge is 2.30. The smallest absolute Gasteiger partial charge is 0.270 e. The number of rotatable bonds is 5. The van der Waals surface area contributed by atoms with E-state index in [0.717, 1.165) is 70.1 Å². The van der Waals surface area contributed by atoms with Crippen LogP contribution in [0.25, 0.3) is 0 Å². The maximum Gasteiger partial charge on any atom is 0.270 e. The fourth-order valence-electron chi connectivity index (χ4n) is 5.46. The topological polar surface area (TPSA) is 95.8 Å². The van der Waals surface area contributed by atoms with Crippen molar-refractivity contribution in [2.24, 2.45) is 11.8 Å². The minimum absolute atomic E-state index is 0.0265. The van der Waals surface area contributed by atoms with Crippen LogP contribution in [0.4, 0.5) is 11.4 Å². The zero-order valence-electron chi connectivity index (χ0n) is 19.6. The van der Waals surface area contributed by atoms with Crippen LogP contribution in [0.2, 0.25) is 0 Å². The first-order valence-corrected chi connectivity index (χ1v) is 12.6. The van der Waals surface area contributed by atoms with Crippen LogP contribution < -0.4 is 10.2 Å². The molecule has 0 bridgehead atoms. The molecule has 1 aromatic rings. The highest BCUT2D eigenvalue weighted by molar-refractivity contribution is 6.00. The molecule has 3 fully saturated rings. The third kappa shape index (κ3) is 5.65. The normalized spacial score (nSPS) is 21.1. The summed E-state index contributed by atoms with van der Waals surface area (Å²) in [5.74, 6) is 0.840. The molecule has 2 aliphatic heterocycles. The summed E-state index contributed by atoms with van der Waals surface area (Å²) in [4.78, 5) is 41.1. The summed E-state index contributed by atoms with van der Waals surface area (Å²) >= 11 is 0. The molecule has 4 rings (SSSR count). The number of carbonyl (C=O) groups is 2. The van der Waals surface area contributed by atoms with Crippen molar-refractivity contribution >= 4 is 23.2 Å². The Morgan fingerprint density at radius 1 is 0.970 bits per heavy atom. The van der Waals surface area contributed by atoms with E-state index in [-0.39, 0.29) is 29.5 Å². The fraction of sp³-hybridized carbons (Fsp3) is 0.680. The summed E-state index contributed by atoms with van der Waals surface area (Å²) in [7, 11) is 0. The van der Waals surface area contributed by atoms with Crippen molar-refractivity contribution in [1.29, 1.82) is 0 Å². The minimum atomic E-state index is -0.450. The lowest BCUT2D eigenvalue weighted by molar-refractivity contribution is -0.384. The average Bonchev–Trinajstić information content (AvgIpc) is 2.84. The minimum Gasteiger partial charge on any atom is -0.371 e. The first-order chi connectivity index (χ1) is 15.9. The van der Waals surface area contributed by atoms with E-state index in [9.17, 15) is 19.7 Å². The van der Waals surface area contributed by atoms with Crippen molar-refractivity contribution in [3.63, 3.8) is 0 Å². The number of nitrogens with one attached hydrogen (secondary N) is 1. The van der Waals surface area contributed by atoms with Crippen LogP contribution >= 0.6 is 0 Å². The third-order valence-corrected chi connectivity index (χ3v) is 7.66. The number of anilines is 1. The van der Waals surface area contributed by atoms with Gasteiger partial charge in [-0.3, -0.25) is 19.7 Å². The Hall–Kier alpha value is -2.64. The van der Waals surface area contributed by atoms with Crippen LogP contribution in [0.1, 0.15) is 75.1 Å². The number of nitrogens with zero attached hydrogens (tertiary/aromatic N) is 3. The average molecular weight is 457 g/mol. The van der Waals surface area contributed by atoms with Gasteiger partial charge < -0.3 is 15.1 Å². The lowest BCUT2D eigenvalue weighted by Gasteiger charge is -2.36. The Balaban J connectivity index is 1.40. The monoisotopic (exact) mass is 456 g/mol. The molecule has 2 amide bonds. The Morgan fingerprint density at radius 3 is 2.27 bits per heavy atom. The Bertz CT molecular complexity index is 867. The summed E-state index contributed by atoms with van der Waals surface area (Å²) in [6.45, 7) is 5.24. The van der Waals surface area contributed by atoms with Gasteiger partial charge in [-0.25, -0.2) is 0 Å². The van der Waals surface area contributed by atoms with Crippen molar-refractivity contribution in [2.75, 3.05) is 31.1 Å². The van der Waals surface area contributed by atoms with Gasteiger partial charge in [-0.05, 0) is 50.5 Å². The van der Waals surface area contributed by atoms with E-state index in [0.29, 0.717) is 24.6 Å². The van der Waals surface area contributed by atoms with Crippen LogP contribution in [-0.4, -0.2) is 53.9 Å². The van der Waals surface area contributed by atoms with Gasteiger partial charge >= 0.3 is 0 Å². The lowest BCUT2D eigenvalue weighted by Crippen LogP contribution is -2.48. The predicted octanol–water partition coefficient (Wildman–Crippen LogP) is 4.13. The Labute approximate surface area is 195 Å². The van der Waals surface area contributed by atoms with Gasteiger partial charge in [-0.15, -0.1) is 0 Å². The number of hydrogen-bond donors (Lipinski definition) is 1. The van der Waals surface area contributed by atoms with Crippen LogP contribution in [-0.2, 0) is 4.79 Å². The van der Waals surface area contributed by atoms with Gasteiger partial charge in [0.25, 0.3) is 11.6 Å². The van der Waals surface area contributed by atoms with Crippen molar-refractivity contribution < 1.29 is 14.5 Å². The molecular formula is C25H36N4O4. The molecular weight excluding hydrogens is 420 g/mol. The molecule has 8 nitrogen and oxygen atoms in total. The molecule has 0 radical (unpaired) electrons. The molecule has 0 unspecified atom stereocenters. The summed E-state index contributed by atoms with van der Waals surface area (Å²) in [6, 6.07) is 4.58. The van der Waals surface area contributed by atoms with E-state index >= 15 is 0 Å². The predicted molar refractivity (Wildman–Crippen MR) is 127 cm³/mol. The second-order valence-electron chi connectivity index (χ2n) is 10.0. The van der Waals surface area contributed by atoms with Crippen LogP contribution in [0.15, 0.2) is 18.2 Å². The molecule has 1 aromatic carbocycles. The quantitative estimate of drug-likeness (QED) is 0.531. The Kier molecular flexibility index (Phi) is 7.50. The van der Waals surface area contributed by atoms with Crippen LogP contribution in [0.5, 0.6) is 0 Å². The molecule has 1 saturated carbocycles. The first-order valence-electron chi connectivity index (χ1n) is 12.6. The molecule has 2 heterocycles. The van der Waals surface area contributed by atoms with Gasteiger partial charge in [-0.2, -0.15) is 0 Å². The number of non-ortho nitro benzene ring substituents is 1. The van der Waals surface area contributed by atoms with E-state index in [1.165, 1.54) is 18.6 Å². The highest BCUT2D eigenvalue weighted by Crippen LogP contribution is 2.30. The van der Waals surface area contributed by atoms with Gasteiger partial charge in [0.2, 0.25) is 5.91 Å². The first kappa shape index (κ1) is 23.5. The summed E-state index contributed by atoms with van der Waals surface area (Å²) in [5, 5.41) is 14.5. The maximum atomic E-state index is 13.2. The van der Waals surface area contributed by atoms with E-state index in [1.807, 2.05) is 4.90 Å². The highest BCUT2D eigenvalue weighted by atomic mass is 16.6. The number of benzene rings is 1. The van der Waals surface area contributed by atoms with Gasteiger partial charge in [0.1, 0.15) is 0 Å². The molecule has 0 aromatic heterocycles. The van der Waals surface area contributed by atoms with Gasteiger partial charge in [0, 0.05) is 50.3 Å². The largest absolute Gasteiger partial charge is 0.371 e. The Morgan fingerprint density at radius 2 is 1.64 bits per heavy atom. The van der Waals surface area contributed by atoms with Crippen LogP contribution in [0, 0.1) is 22.0 Å². The van der Waals surface area contributed by atoms with Crippen LogP contribution in [0.3, 0.4) is 0 Å². The fourth-order valence-corrected chi connectivity index (χ4v) is 5.46. The van der Waals surface area contributed by atoms with Crippen molar-refractivity contribution in [3.8, 4) is 0 Å². The SMILES string of the molecule is CC1CCN(c2ccc([N+](=O)[O-])cc2C(=O)NC2CCN(C(=O)C3CCCCC3)CC2)CC1. The molecule has 0 atom stereocenters. The molecule has 1 aliphatic carbocycles. The van der Waals surface area contributed by atoms with E-state index in [4.69, 9.17) is 0 Å². The van der Waals surface area contributed by atoms with Crippen molar-refractivity contribution in [1.82, 2.24) is 10.2 Å². The second-order valence-corrected chi connectivity index (χ2v) is 10.0. The number of carbonyl (C=O) groups excluding carboxylic acids is 2. The number of piperidine rings is 2. The number of nitro benzene ring substituents is 1. The van der Waals surface area contributed by atoms with Crippen molar-refractivity contribution in [3.05, 3.63) is 33.9 Å². The van der Waals surface area contributed by atoms with E-state index in [2.05, 4.69) is 17.1 Å². The number of hydrogen-bond acceptors (Lipinski definition) is 5.